The van der Waals surface area contributed by atoms with Crippen molar-refractivity contribution < 1.29 is 0 Å². The molecule has 0 radical (unpaired) electrons. The average molecular weight is 192 g/mol. The van der Waals surface area contributed by atoms with Crippen LogP contribution in [0.3, 0.4) is 0 Å². The zero-order valence-electron chi connectivity index (χ0n) is 8.79. The standard InChI is InChI=1S/C11H16N2O/c1-3-9-7-11(14)13-8(2)5-4-6-10(13)12-9/h7-8H,3-6H2,1-2H3/t8-/m0/s1. The summed E-state index contributed by atoms with van der Waals surface area (Å²) in [6.07, 6.45) is 4.05. The van der Waals surface area contributed by atoms with Crippen molar-refractivity contribution in [1.29, 1.82) is 0 Å². The van der Waals surface area contributed by atoms with Crippen LogP contribution in [-0.2, 0) is 12.8 Å². The van der Waals surface area contributed by atoms with Crippen molar-refractivity contribution in [2.75, 3.05) is 0 Å². The molecule has 0 saturated carbocycles. The molecule has 1 aliphatic heterocycles. The average Bonchev–Trinajstić information content (AvgIpc) is 2.17. The first-order chi connectivity index (χ1) is 6.72. The molecule has 2 heterocycles. The van der Waals surface area contributed by atoms with Crippen LogP contribution < -0.4 is 5.56 Å². The Balaban J connectivity index is 2.57. The van der Waals surface area contributed by atoms with Crippen molar-refractivity contribution in [2.24, 2.45) is 0 Å². The van der Waals surface area contributed by atoms with Gasteiger partial charge >= 0.3 is 0 Å². The number of hydrogen-bond donors (Lipinski definition) is 0. The van der Waals surface area contributed by atoms with Gasteiger partial charge in [-0.3, -0.25) is 9.36 Å². The topological polar surface area (TPSA) is 34.9 Å². The van der Waals surface area contributed by atoms with Gasteiger partial charge in [0.1, 0.15) is 5.82 Å². The van der Waals surface area contributed by atoms with Gasteiger partial charge in [0.2, 0.25) is 0 Å². The second kappa shape index (κ2) is 3.56. The molecule has 3 nitrogen and oxygen atoms in total. The van der Waals surface area contributed by atoms with Crippen LogP contribution in [0.2, 0.25) is 0 Å². The first kappa shape index (κ1) is 9.44. The molecular weight excluding hydrogens is 176 g/mol. The number of nitrogens with zero attached hydrogens (tertiary/aromatic N) is 2. The first-order valence-electron chi connectivity index (χ1n) is 5.33. The Kier molecular flexibility index (Phi) is 2.40. The Morgan fingerprint density at radius 1 is 1.64 bits per heavy atom. The molecule has 0 N–H and O–H groups in total. The second-order valence-electron chi connectivity index (χ2n) is 3.97. The number of aryl methyl sites for hydroxylation is 2. The molecule has 0 bridgehead atoms. The summed E-state index contributed by atoms with van der Waals surface area (Å²) in [4.78, 5) is 16.3. The molecule has 2 rings (SSSR count). The smallest absolute Gasteiger partial charge is 0.253 e. The molecule has 1 aliphatic rings. The van der Waals surface area contributed by atoms with Crippen LogP contribution in [-0.4, -0.2) is 9.55 Å². The maximum atomic E-state index is 11.8. The van der Waals surface area contributed by atoms with E-state index in [9.17, 15) is 4.79 Å². The molecule has 76 valence electrons. The predicted molar refractivity (Wildman–Crippen MR) is 55.5 cm³/mol. The van der Waals surface area contributed by atoms with E-state index in [2.05, 4.69) is 11.9 Å². The summed E-state index contributed by atoms with van der Waals surface area (Å²) in [5.41, 5.74) is 1.05. The lowest BCUT2D eigenvalue weighted by atomic mass is 10.1. The lowest BCUT2D eigenvalue weighted by molar-refractivity contribution is 0.403. The van der Waals surface area contributed by atoms with Crippen molar-refractivity contribution in [1.82, 2.24) is 9.55 Å². The molecule has 1 atom stereocenters. The maximum absolute atomic E-state index is 11.8. The molecular formula is C11H16N2O. The SMILES string of the molecule is CCc1cc(=O)n2c(n1)CCC[C@@H]2C. The Bertz CT molecular complexity index is 395. The molecule has 0 amide bonds. The zero-order chi connectivity index (χ0) is 10.1. The monoisotopic (exact) mass is 192 g/mol. The van der Waals surface area contributed by atoms with E-state index >= 15 is 0 Å². The predicted octanol–water partition coefficient (Wildman–Crippen LogP) is 1.70. The quantitative estimate of drug-likeness (QED) is 0.679. The Labute approximate surface area is 83.8 Å². The first-order valence-corrected chi connectivity index (χ1v) is 5.33. The van der Waals surface area contributed by atoms with E-state index in [1.165, 1.54) is 0 Å². The number of fused-ring (bicyclic) bond motifs is 1. The molecule has 0 spiro atoms. The third-order valence-corrected chi connectivity index (χ3v) is 2.90. The van der Waals surface area contributed by atoms with Gasteiger partial charge in [-0.15, -0.1) is 0 Å². The van der Waals surface area contributed by atoms with Crippen LogP contribution in [0.5, 0.6) is 0 Å². The fraction of sp³-hybridized carbons (Fsp3) is 0.636. The van der Waals surface area contributed by atoms with Gasteiger partial charge < -0.3 is 0 Å². The van der Waals surface area contributed by atoms with Gasteiger partial charge in [-0.1, -0.05) is 6.92 Å². The molecule has 0 saturated heterocycles. The highest BCUT2D eigenvalue weighted by Gasteiger charge is 2.18. The minimum Gasteiger partial charge on any atom is -0.294 e. The molecule has 3 heteroatoms. The minimum atomic E-state index is 0.124. The Hall–Kier alpha value is -1.12. The van der Waals surface area contributed by atoms with Gasteiger partial charge in [-0.25, -0.2) is 4.98 Å². The van der Waals surface area contributed by atoms with E-state index in [-0.39, 0.29) is 5.56 Å². The molecule has 0 unspecified atom stereocenters. The fourth-order valence-corrected chi connectivity index (χ4v) is 2.10. The summed E-state index contributed by atoms with van der Waals surface area (Å²) in [6, 6.07) is 2.00. The number of hydrogen-bond acceptors (Lipinski definition) is 2. The largest absolute Gasteiger partial charge is 0.294 e. The summed E-state index contributed by atoms with van der Waals surface area (Å²) in [5.74, 6) is 0.980. The van der Waals surface area contributed by atoms with Crippen LogP contribution in [0, 0.1) is 0 Å². The summed E-state index contributed by atoms with van der Waals surface area (Å²) in [6.45, 7) is 4.13. The van der Waals surface area contributed by atoms with Gasteiger partial charge in [0.15, 0.2) is 0 Å². The van der Waals surface area contributed by atoms with E-state index in [0.29, 0.717) is 6.04 Å². The van der Waals surface area contributed by atoms with Gasteiger partial charge in [0, 0.05) is 24.2 Å². The second-order valence-corrected chi connectivity index (χ2v) is 3.97. The molecule has 0 aliphatic carbocycles. The van der Waals surface area contributed by atoms with E-state index in [0.717, 1.165) is 37.2 Å². The van der Waals surface area contributed by atoms with Crippen molar-refractivity contribution >= 4 is 0 Å². The van der Waals surface area contributed by atoms with Crippen LogP contribution in [0.25, 0.3) is 0 Å². The molecule has 1 aromatic heterocycles. The molecule has 1 aromatic rings. The lowest BCUT2D eigenvalue weighted by Gasteiger charge is -2.24. The van der Waals surface area contributed by atoms with Crippen molar-refractivity contribution in [3.63, 3.8) is 0 Å². The summed E-state index contributed by atoms with van der Waals surface area (Å²) >= 11 is 0. The zero-order valence-corrected chi connectivity index (χ0v) is 8.79. The van der Waals surface area contributed by atoms with E-state index in [4.69, 9.17) is 0 Å². The highest BCUT2D eigenvalue weighted by Crippen LogP contribution is 2.20. The fourth-order valence-electron chi connectivity index (χ4n) is 2.10. The van der Waals surface area contributed by atoms with E-state index < -0.39 is 0 Å². The van der Waals surface area contributed by atoms with Gasteiger partial charge in [0.05, 0.1) is 0 Å². The Morgan fingerprint density at radius 3 is 3.14 bits per heavy atom. The lowest BCUT2D eigenvalue weighted by Crippen LogP contribution is -2.31. The normalized spacial score (nSPS) is 20.6. The van der Waals surface area contributed by atoms with Crippen molar-refractivity contribution in [3.05, 3.63) is 27.9 Å². The third-order valence-electron chi connectivity index (χ3n) is 2.90. The summed E-state index contributed by atoms with van der Waals surface area (Å²) in [5, 5.41) is 0. The van der Waals surface area contributed by atoms with Gasteiger partial charge in [-0.2, -0.15) is 0 Å². The van der Waals surface area contributed by atoms with Crippen molar-refractivity contribution in [3.8, 4) is 0 Å². The minimum absolute atomic E-state index is 0.124. The molecule has 14 heavy (non-hydrogen) atoms. The number of rotatable bonds is 1. The highest BCUT2D eigenvalue weighted by atomic mass is 16.1. The van der Waals surface area contributed by atoms with Crippen molar-refractivity contribution in [2.45, 2.75) is 45.6 Å². The molecule has 0 aromatic carbocycles. The maximum Gasteiger partial charge on any atom is 0.253 e. The number of aromatic nitrogens is 2. The van der Waals surface area contributed by atoms with Gasteiger partial charge in [0.25, 0.3) is 5.56 Å². The summed E-state index contributed by atoms with van der Waals surface area (Å²) in [7, 11) is 0. The highest BCUT2D eigenvalue weighted by molar-refractivity contribution is 5.07. The van der Waals surface area contributed by atoms with E-state index in [1.807, 2.05) is 11.5 Å². The van der Waals surface area contributed by atoms with Crippen LogP contribution in [0.4, 0.5) is 0 Å². The molecule has 0 fully saturated rings. The Morgan fingerprint density at radius 2 is 2.43 bits per heavy atom. The third kappa shape index (κ3) is 1.47. The van der Waals surface area contributed by atoms with Crippen LogP contribution in [0.1, 0.15) is 44.2 Å². The van der Waals surface area contributed by atoms with E-state index in [1.54, 1.807) is 6.07 Å². The van der Waals surface area contributed by atoms with Crippen LogP contribution >= 0.6 is 0 Å². The van der Waals surface area contributed by atoms with Crippen LogP contribution in [0.15, 0.2) is 10.9 Å². The summed E-state index contributed by atoms with van der Waals surface area (Å²) < 4.78 is 1.85. The van der Waals surface area contributed by atoms with Gasteiger partial charge in [-0.05, 0) is 26.2 Å².